The topological polar surface area (TPSA) is 51.2 Å². The van der Waals surface area contributed by atoms with Gasteiger partial charge in [-0.2, -0.15) is 0 Å². The van der Waals surface area contributed by atoms with Crippen molar-refractivity contribution in [2.24, 2.45) is 5.92 Å². The van der Waals surface area contributed by atoms with Crippen molar-refractivity contribution in [2.75, 3.05) is 33.9 Å². The van der Waals surface area contributed by atoms with Crippen LogP contribution in [0.1, 0.15) is 39.7 Å². The molecule has 144 valence electrons. The summed E-state index contributed by atoms with van der Waals surface area (Å²) in [5, 5.41) is 10.3. The molecule has 1 aromatic rings. The standard InChI is InChI=1S/C20H35NO4/c1-15(2)7-8-21(13-18(22)14-25-16(3)4)12-17-9-19(23-5)11-20(10-17)24-6/h9-11,15-16,18,22H,7-8,12-14H2,1-6H3/t18-/m1/s1. The Kier molecular flexibility index (Phi) is 9.86. The summed E-state index contributed by atoms with van der Waals surface area (Å²) in [4.78, 5) is 2.27. The lowest BCUT2D eigenvalue weighted by molar-refractivity contribution is -0.00998. The zero-order valence-corrected chi connectivity index (χ0v) is 16.6. The number of hydrogen-bond donors (Lipinski definition) is 1. The zero-order chi connectivity index (χ0) is 18.8. The van der Waals surface area contributed by atoms with Gasteiger partial charge in [0.05, 0.1) is 33.0 Å². The van der Waals surface area contributed by atoms with E-state index in [2.05, 4.69) is 18.7 Å². The Morgan fingerprint density at radius 1 is 1.00 bits per heavy atom. The van der Waals surface area contributed by atoms with E-state index in [-0.39, 0.29) is 6.10 Å². The highest BCUT2D eigenvalue weighted by Crippen LogP contribution is 2.23. The number of methoxy groups -OCH3 is 2. The first-order valence-electron chi connectivity index (χ1n) is 9.08. The maximum atomic E-state index is 10.3. The summed E-state index contributed by atoms with van der Waals surface area (Å²) in [7, 11) is 3.31. The Bertz CT molecular complexity index is 468. The lowest BCUT2D eigenvalue weighted by Gasteiger charge is -2.26. The van der Waals surface area contributed by atoms with Gasteiger partial charge in [-0.25, -0.2) is 0 Å². The molecule has 0 heterocycles. The number of benzene rings is 1. The van der Waals surface area contributed by atoms with Crippen LogP contribution >= 0.6 is 0 Å². The van der Waals surface area contributed by atoms with Gasteiger partial charge in [-0.3, -0.25) is 4.90 Å². The monoisotopic (exact) mass is 353 g/mol. The Labute approximate surface area is 152 Å². The van der Waals surface area contributed by atoms with Gasteiger partial charge in [0.15, 0.2) is 0 Å². The van der Waals surface area contributed by atoms with Crippen molar-refractivity contribution in [1.82, 2.24) is 4.90 Å². The fourth-order valence-electron chi connectivity index (χ4n) is 2.55. The molecule has 0 aliphatic carbocycles. The largest absolute Gasteiger partial charge is 0.497 e. The minimum absolute atomic E-state index is 0.126. The molecule has 0 aromatic heterocycles. The molecule has 25 heavy (non-hydrogen) atoms. The van der Waals surface area contributed by atoms with Gasteiger partial charge in [-0.05, 0) is 50.4 Å². The van der Waals surface area contributed by atoms with Gasteiger partial charge in [0.1, 0.15) is 11.5 Å². The van der Waals surface area contributed by atoms with E-state index in [1.54, 1.807) is 14.2 Å². The Morgan fingerprint density at radius 2 is 1.60 bits per heavy atom. The lowest BCUT2D eigenvalue weighted by Crippen LogP contribution is -2.36. The van der Waals surface area contributed by atoms with Crippen LogP contribution in [0.3, 0.4) is 0 Å². The predicted molar refractivity (Wildman–Crippen MR) is 101 cm³/mol. The van der Waals surface area contributed by atoms with Crippen LogP contribution in [0.15, 0.2) is 18.2 Å². The SMILES string of the molecule is COc1cc(CN(CCC(C)C)C[C@@H](O)COC(C)C)cc(OC)c1. The number of aliphatic hydroxyl groups is 1. The van der Waals surface area contributed by atoms with E-state index in [1.807, 2.05) is 32.0 Å². The van der Waals surface area contributed by atoms with Crippen LogP contribution in [0.5, 0.6) is 11.5 Å². The predicted octanol–water partition coefficient (Wildman–Crippen LogP) is 3.34. The van der Waals surface area contributed by atoms with Gasteiger partial charge in [-0.15, -0.1) is 0 Å². The third kappa shape index (κ3) is 9.10. The van der Waals surface area contributed by atoms with Gasteiger partial charge < -0.3 is 19.3 Å². The van der Waals surface area contributed by atoms with Crippen molar-refractivity contribution in [3.05, 3.63) is 23.8 Å². The lowest BCUT2D eigenvalue weighted by atomic mass is 10.1. The molecular formula is C20H35NO4. The molecule has 5 nitrogen and oxygen atoms in total. The average molecular weight is 354 g/mol. The zero-order valence-electron chi connectivity index (χ0n) is 16.6. The molecule has 0 aliphatic rings. The van der Waals surface area contributed by atoms with E-state index in [1.165, 1.54) is 0 Å². The fraction of sp³-hybridized carbons (Fsp3) is 0.700. The van der Waals surface area contributed by atoms with E-state index in [0.717, 1.165) is 36.6 Å². The number of nitrogens with zero attached hydrogens (tertiary/aromatic N) is 1. The van der Waals surface area contributed by atoms with Crippen LogP contribution in [0.4, 0.5) is 0 Å². The van der Waals surface area contributed by atoms with Crippen molar-refractivity contribution >= 4 is 0 Å². The molecule has 0 bridgehead atoms. The molecular weight excluding hydrogens is 318 g/mol. The van der Waals surface area contributed by atoms with Crippen LogP contribution < -0.4 is 9.47 Å². The maximum Gasteiger partial charge on any atom is 0.122 e. The van der Waals surface area contributed by atoms with Crippen LogP contribution in [-0.4, -0.2) is 56.1 Å². The van der Waals surface area contributed by atoms with Gasteiger partial charge in [0.25, 0.3) is 0 Å². The van der Waals surface area contributed by atoms with E-state index < -0.39 is 6.10 Å². The molecule has 1 N–H and O–H groups in total. The molecule has 0 saturated heterocycles. The van der Waals surface area contributed by atoms with Crippen LogP contribution in [0.2, 0.25) is 0 Å². The summed E-state index contributed by atoms with van der Waals surface area (Å²) in [5.74, 6) is 2.18. The second kappa shape index (κ2) is 11.3. The minimum Gasteiger partial charge on any atom is -0.497 e. The molecule has 1 atom stereocenters. The van der Waals surface area contributed by atoms with Crippen LogP contribution in [0.25, 0.3) is 0 Å². The summed E-state index contributed by atoms with van der Waals surface area (Å²) < 4.78 is 16.2. The molecule has 0 spiro atoms. The van der Waals surface area contributed by atoms with Crippen molar-refractivity contribution in [1.29, 1.82) is 0 Å². The van der Waals surface area contributed by atoms with E-state index in [9.17, 15) is 5.11 Å². The molecule has 5 heteroatoms. The first kappa shape index (κ1) is 21.7. The molecule has 0 aliphatic heterocycles. The number of aliphatic hydroxyl groups excluding tert-OH is 1. The second-order valence-electron chi connectivity index (χ2n) is 7.17. The number of ether oxygens (including phenoxy) is 3. The Hall–Kier alpha value is -1.30. The van der Waals surface area contributed by atoms with Gasteiger partial charge in [-0.1, -0.05) is 13.8 Å². The molecule has 1 aromatic carbocycles. The molecule has 0 amide bonds. The van der Waals surface area contributed by atoms with Crippen LogP contribution in [-0.2, 0) is 11.3 Å². The Morgan fingerprint density at radius 3 is 2.08 bits per heavy atom. The molecule has 0 saturated carbocycles. The number of hydrogen-bond acceptors (Lipinski definition) is 5. The third-order valence-electron chi connectivity index (χ3n) is 3.93. The maximum absolute atomic E-state index is 10.3. The first-order valence-corrected chi connectivity index (χ1v) is 9.08. The highest BCUT2D eigenvalue weighted by molar-refractivity contribution is 5.38. The smallest absolute Gasteiger partial charge is 0.122 e. The van der Waals surface area contributed by atoms with Crippen LogP contribution in [0, 0.1) is 5.92 Å². The minimum atomic E-state index is -0.498. The first-order chi connectivity index (χ1) is 11.8. The fourth-order valence-corrected chi connectivity index (χ4v) is 2.55. The van der Waals surface area contributed by atoms with Gasteiger partial charge in [0, 0.05) is 19.2 Å². The third-order valence-corrected chi connectivity index (χ3v) is 3.93. The Balaban J connectivity index is 2.78. The molecule has 0 fully saturated rings. The van der Waals surface area contributed by atoms with Crippen molar-refractivity contribution in [2.45, 2.75) is 52.9 Å². The summed E-state index contributed by atoms with van der Waals surface area (Å²) in [5.41, 5.74) is 1.11. The highest BCUT2D eigenvalue weighted by Gasteiger charge is 2.15. The summed E-state index contributed by atoms with van der Waals surface area (Å²) in [6.45, 7) is 11.0. The molecule has 0 unspecified atom stereocenters. The average Bonchev–Trinajstić information content (AvgIpc) is 2.57. The summed E-state index contributed by atoms with van der Waals surface area (Å²) in [6, 6.07) is 5.90. The van der Waals surface area contributed by atoms with Crippen molar-refractivity contribution < 1.29 is 19.3 Å². The second-order valence-corrected chi connectivity index (χ2v) is 7.17. The van der Waals surface area contributed by atoms with E-state index >= 15 is 0 Å². The van der Waals surface area contributed by atoms with Gasteiger partial charge >= 0.3 is 0 Å². The van der Waals surface area contributed by atoms with Crippen molar-refractivity contribution in [3.63, 3.8) is 0 Å². The molecule has 1 rings (SSSR count). The summed E-state index contributed by atoms with van der Waals surface area (Å²) in [6.07, 6.45) is 0.710. The van der Waals surface area contributed by atoms with E-state index in [0.29, 0.717) is 19.1 Å². The summed E-state index contributed by atoms with van der Waals surface area (Å²) >= 11 is 0. The van der Waals surface area contributed by atoms with E-state index in [4.69, 9.17) is 14.2 Å². The highest BCUT2D eigenvalue weighted by atomic mass is 16.5. The number of rotatable bonds is 12. The van der Waals surface area contributed by atoms with Crippen molar-refractivity contribution in [3.8, 4) is 11.5 Å². The quantitative estimate of drug-likeness (QED) is 0.625. The van der Waals surface area contributed by atoms with Gasteiger partial charge in [0.2, 0.25) is 0 Å². The molecule has 0 radical (unpaired) electrons. The normalized spacial score (nSPS) is 12.9.